The van der Waals surface area contributed by atoms with Crippen molar-refractivity contribution in [2.75, 3.05) is 18.6 Å². The summed E-state index contributed by atoms with van der Waals surface area (Å²) in [6.45, 7) is 0. The molecule has 0 radical (unpaired) electrons. The SMILES string of the molecule is CNc1ccc(-c2nc(C(F)(F)F)nn2-c2ccc(S(C)(=O)=O)cn2)cc1. The van der Waals surface area contributed by atoms with Gasteiger partial charge >= 0.3 is 6.18 Å². The van der Waals surface area contributed by atoms with Gasteiger partial charge in [-0.05, 0) is 36.4 Å². The van der Waals surface area contributed by atoms with Gasteiger partial charge in [-0.3, -0.25) is 0 Å². The maximum Gasteiger partial charge on any atom is 0.453 e. The van der Waals surface area contributed by atoms with Gasteiger partial charge in [0.15, 0.2) is 21.5 Å². The van der Waals surface area contributed by atoms with E-state index in [0.717, 1.165) is 22.8 Å². The summed E-state index contributed by atoms with van der Waals surface area (Å²) >= 11 is 0. The molecular formula is C16H14F3N5O2S. The van der Waals surface area contributed by atoms with Crippen LogP contribution in [-0.2, 0) is 16.0 Å². The van der Waals surface area contributed by atoms with E-state index in [1.807, 2.05) is 0 Å². The van der Waals surface area contributed by atoms with Crippen LogP contribution in [0.1, 0.15) is 5.82 Å². The van der Waals surface area contributed by atoms with E-state index >= 15 is 0 Å². The van der Waals surface area contributed by atoms with Gasteiger partial charge in [-0.25, -0.2) is 18.4 Å². The van der Waals surface area contributed by atoms with Gasteiger partial charge in [0.05, 0.1) is 4.90 Å². The number of halogens is 3. The number of anilines is 1. The molecule has 7 nitrogen and oxygen atoms in total. The number of rotatable bonds is 4. The lowest BCUT2D eigenvalue weighted by atomic mass is 10.2. The average Bonchev–Trinajstić information content (AvgIpc) is 3.07. The fraction of sp³-hybridized carbons (Fsp3) is 0.188. The molecule has 3 rings (SSSR count). The van der Waals surface area contributed by atoms with Crippen molar-refractivity contribution in [2.45, 2.75) is 11.1 Å². The quantitative estimate of drug-likeness (QED) is 0.728. The summed E-state index contributed by atoms with van der Waals surface area (Å²) in [5.74, 6) is -1.37. The Hall–Kier alpha value is -2.95. The van der Waals surface area contributed by atoms with Crippen molar-refractivity contribution < 1.29 is 21.6 Å². The van der Waals surface area contributed by atoms with Gasteiger partial charge in [0, 0.05) is 30.8 Å². The lowest BCUT2D eigenvalue weighted by molar-refractivity contribution is -0.144. The van der Waals surface area contributed by atoms with Crippen molar-refractivity contribution in [3.8, 4) is 17.2 Å². The molecule has 1 N–H and O–H groups in total. The molecule has 0 amide bonds. The van der Waals surface area contributed by atoms with Crippen molar-refractivity contribution in [3.05, 3.63) is 48.4 Å². The molecule has 0 aliphatic heterocycles. The predicted molar refractivity (Wildman–Crippen MR) is 92.2 cm³/mol. The standard InChI is InChI=1S/C16H14F3N5O2S/c1-20-11-5-3-10(4-6-11)14-22-15(16(17,18)19)23-24(14)13-8-7-12(9-21-13)27(2,25)26/h3-9,20H,1-2H3. The van der Waals surface area contributed by atoms with E-state index < -0.39 is 21.8 Å². The van der Waals surface area contributed by atoms with Gasteiger partial charge in [0.2, 0.25) is 0 Å². The first kappa shape index (κ1) is 18.8. The molecular weight excluding hydrogens is 383 g/mol. The zero-order valence-electron chi connectivity index (χ0n) is 14.2. The van der Waals surface area contributed by atoms with Crippen LogP contribution >= 0.6 is 0 Å². The number of nitrogens with zero attached hydrogens (tertiary/aromatic N) is 4. The molecule has 0 saturated carbocycles. The van der Waals surface area contributed by atoms with E-state index in [4.69, 9.17) is 0 Å². The van der Waals surface area contributed by atoms with E-state index in [1.54, 1.807) is 31.3 Å². The summed E-state index contributed by atoms with van der Waals surface area (Å²) in [6.07, 6.45) is -2.67. The van der Waals surface area contributed by atoms with Crippen LogP contribution in [0.25, 0.3) is 17.2 Å². The summed E-state index contributed by atoms with van der Waals surface area (Å²) in [5.41, 5.74) is 1.17. The molecule has 0 unspecified atom stereocenters. The third-order valence-electron chi connectivity index (χ3n) is 3.66. The molecule has 0 saturated heterocycles. The average molecular weight is 397 g/mol. The van der Waals surface area contributed by atoms with Gasteiger partial charge in [0.1, 0.15) is 0 Å². The fourth-order valence-corrected chi connectivity index (χ4v) is 2.84. The molecule has 0 spiro atoms. The summed E-state index contributed by atoms with van der Waals surface area (Å²) in [5, 5.41) is 6.43. The summed E-state index contributed by atoms with van der Waals surface area (Å²) < 4.78 is 63.3. The molecule has 11 heteroatoms. The third kappa shape index (κ3) is 3.92. The Morgan fingerprint density at radius 2 is 1.74 bits per heavy atom. The van der Waals surface area contributed by atoms with Crippen LogP contribution in [-0.4, -0.2) is 41.5 Å². The topological polar surface area (TPSA) is 89.8 Å². The summed E-state index contributed by atoms with van der Waals surface area (Å²) in [4.78, 5) is 7.48. The van der Waals surface area contributed by atoms with Crippen molar-refractivity contribution >= 4 is 15.5 Å². The van der Waals surface area contributed by atoms with E-state index in [1.165, 1.54) is 12.1 Å². The van der Waals surface area contributed by atoms with Crippen LogP contribution in [0.3, 0.4) is 0 Å². The van der Waals surface area contributed by atoms with E-state index in [2.05, 4.69) is 20.4 Å². The Bertz CT molecular complexity index is 1060. The lowest BCUT2D eigenvalue weighted by Gasteiger charge is -2.07. The first-order chi connectivity index (χ1) is 12.6. The minimum absolute atomic E-state index is 0.0121. The Morgan fingerprint density at radius 3 is 2.22 bits per heavy atom. The van der Waals surface area contributed by atoms with Crippen LogP contribution in [0.2, 0.25) is 0 Å². The smallest absolute Gasteiger partial charge is 0.388 e. The van der Waals surface area contributed by atoms with Crippen molar-refractivity contribution in [2.24, 2.45) is 0 Å². The maximum absolute atomic E-state index is 13.1. The first-order valence-corrected chi connectivity index (χ1v) is 9.47. The van der Waals surface area contributed by atoms with Gasteiger partial charge < -0.3 is 5.32 Å². The Morgan fingerprint density at radius 1 is 1.07 bits per heavy atom. The van der Waals surface area contributed by atoms with Crippen LogP contribution < -0.4 is 5.32 Å². The molecule has 27 heavy (non-hydrogen) atoms. The molecule has 1 aromatic carbocycles. The van der Waals surface area contributed by atoms with Crippen molar-refractivity contribution in [1.29, 1.82) is 0 Å². The number of hydrogen-bond donors (Lipinski definition) is 1. The van der Waals surface area contributed by atoms with Crippen LogP contribution in [0.5, 0.6) is 0 Å². The zero-order valence-corrected chi connectivity index (χ0v) is 15.0. The molecule has 142 valence electrons. The highest BCUT2D eigenvalue weighted by atomic mass is 32.2. The number of benzene rings is 1. The van der Waals surface area contributed by atoms with E-state index in [0.29, 0.717) is 5.56 Å². The highest BCUT2D eigenvalue weighted by Crippen LogP contribution is 2.30. The summed E-state index contributed by atoms with van der Waals surface area (Å²) in [6, 6.07) is 9.08. The molecule has 0 atom stereocenters. The Balaban J connectivity index is 2.14. The molecule has 0 aliphatic carbocycles. The molecule has 2 aromatic heterocycles. The third-order valence-corrected chi connectivity index (χ3v) is 4.76. The van der Waals surface area contributed by atoms with Crippen LogP contribution in [0, 0.1) is 0 Å². The van der Waals surface area contributed by atoms with Crippen LogP contribution in [0.15, 0.2) is 47.5 Å². The van der Waals surface area contributed by atoms with Gasteiger partial charge in [-0.2, -0.15) is 17.9 Å². The fourth-order valence-electron chi connectivity index (χ4n) is 2.28. The van der Waals surface area contributed by atoms with Crippen molar-refractivity contribution in [3.63, 3.8) is 0 Å². The second-order valence-electron chi connectivity index (χ2n) is 5.62. The second-order valence-corrected chi connectivity index (χ2v) is 7.64. The van der Waals surface area contributed by atoms with Crippen molar-refractivity contribution in [1.82, 2.24) is 19.7 Å². The number of nitrogens with one attached hydrogen (secondary N) is 1. The number of aromatic nitrogens is 4. The highest BCUT2D eigenvalue weighted by Gasteiger charge is 2.37. The molecule has 0 aliphatic rings. The minimum atomic E-state index is -4.74. The first-order valence-electron chi connectivity index (χ1n) is 7.58. The highest BCUT2D eigenvalue weighted by molar-refractivity contribution is 7.90. The number of hydrogen-bond acceptors (Lipinski definition) is 6. The van der Waals surface area contributed by atoms with Gasteiger partial charge in [0.25, 0.3) is 5.82 Å². The molecule has 0 bridgehead atoms. The Labute approximate surface area is 152 Å². The minimum Gasteiger partial charge on any atom is -0.388 e. The second kappa shape index (κ2) is 6.65. The van der Waals surface area contributed by atoms with Gasteiger partial charge in [-0.15, -0.1) is 5.10 Å². The van der Waals surface area contributed by atoms with Crippen LogP contribution in [0.4, 0.5) is 18.9 Å². The predicted octanol–water partition coefficient (Wildman–Crippen LogP) is 2.79. The van der Waals surface area contributed by atoms with Gasteiger partial charge in [-0.1, -0.05) is 0 Å². The number of alkyl halides is 3. The monoisotopic (exact) mass is 397 g/mol. The Kier molecular flexibility index (Phi) is 4.64. The zero-order chi connectivity index (χ0) is 19.8. The normalized spacial score (nSPS) is 12.2. The number of pyridine rings is 1. The largest absolute Gasteiger partial charge is 0.453 e. The lowest BCUT2D eigenvalue weighted by Crippen LogP contribution is -2.09. The molecule has 2 heterocycles. The van der Waals surface area contributed by atoms with E-state index in [9.17, 15) is 21.6 Å². The summed E-state index contributed by atoms with van der Waals surface area (Å²) in [7, 11) is -1.77. The van der Waals surface area contributed by atoms with E-state index in [-0.39, 0.29) is 16.5 Å². The molecule has 3 aromatic rings. The molecule has 0 fully saturated rings. The number of sulfone groups is 1. The maximum atomic E-state index is 13.1.